The van der Waals surface area contributed by atoms with E-state index in [1.165, 1.54) is 0 Å². The molecule has 0 heterocycles. The van der Waals surface area contributed by atoms with E-state index in [4.69, 9.17) is 17.3 Å². The summed E-state index contributed by atoms with van der Waals surface area (Å²) in [5, 5.41) is 0.746. The van der Waals surface area contributed by atoms with Gasteiger partial charge >= 0.3 is 0 Å². The van der Waals surface area contributed by atoms with Crippen LogP contribution in [0.2, 0.25) is 5.02 Å². The Hall–Kier alpha value is -0.0500. The summed E-state index contributed by atoms with van der Waals surface area (Å²) in [6.45, 7) is 2.12. The van der Waals surface area contributed by atoms with E-state index >= 15 is 0 Å². The van der Waals surface area contributed by atoms with E-state index in [-0.39, 0.29) is 6.04 Å². The van der Waals surface area contributed by atoms with Crippen molar-refractivity contribution >= 4 is 27.5 Å². The summed E-state index contributed by atoms with van der Waals surface area (Å²) in [7, 11) is 0. The summed E-state index contributed by atoms with van der Waals surface area (Å²) in [6, 6.07) is 5.89. The van der Waals surface area contributed by atoms with Crippen molar-refractivity contribution in [3.05, 3.63) is 33.3 Å². The second kappa shape index (κ2) is 4.99. The first-order chi connectivity index (χ1) is 6.15. The minimum Gasteiger partial charge on any atom is -0.324 e. The van der Waals surface area contributed by atoms with Gasteiger partial charge in [0.1, 0.15) is 0 Å². The lowest BCUT2D eigenvalue weighted by Crippen LogP contribution is -2.10. The van der Waals surface area contributed by atoms with Gasteiger partial charge in [0, 0.05) is 15.5 Å². The highest BCUT2D eigenvalue weighted by atomic mass is 79.9. The molecule has 0 saturated heterocycles. The van der Waals surface area contributed by atoms with Gasteiger partial charge < -0.3 is 5.73 Å². The molecule has 72 valence electrons. The minimum atomic E-state index is 0.0607. The quantitative estimate of drug-likeness (QED) is 0.878. The van der Waals surface area contributed by atoms with Gasteiger partial charge in [0.05, 0.1) is 0 Å². The normalized spacial score (nSPS) is 12.9. The summed E-state index contributed by atoms with van der Waals surface area (Å²) in [4.78, 5) is 0. The standard InChI is InChI=1S/C10H13BrClN/c1-2-3-10(13)8-5-4-7(11)6-9(8)12/h4-6,10H,2-3,13H2,1H3. The first-order valence-corrected chi connectivity index (χ1v) is 5.52. The van der Waals surface area contributed by atoms with Gasteiger partial charge in [-0.3, -0.25) is 0 Å². The molecule has 0 saturated carbocycles. The maximum absolute atomic E-state index is 6.05. The van der Waals surface area contributed by atoms with Crippen LogP contribution >= 0.6 is 27.5 Å². The van der Waals surface area contributed by atoms with Crippen LogP contribution in [0.5, 0.6) is 0 Å². The Bertz CT molecular complexity index is 288. The zero-order valence-electron chi connectivity index (χ0n) is 7.56. The summed E-state index contributed by atoms with van der Waals surface area (Å²) in [5.74, 6) is 0. The molecule has 0 aliphatic rings. The van der Waals surface area contributed by atoms with Crippen LogP contribution in [0.25, 0.3) is 0 Å². The molecule has 0 radical (unpaired) electrons. The molecule has 0 amide bonds. The molecule has 1 nitrogen and oxygen atoms in total. The Morgan fingerprint density at radius 2 is 2.23 bits per heavy atom. The van der Waals surface area contributed by atoms with Crippen LogP contribution in [0.3, 0.4) is 0 Å². The molecule has 13 heavy (non-hydrogen) atoms. The molecule has 0 spiro atoms. The predicted molar refractivity (Wildman–Crippen MR) is 61.0 cm³/mol. The van der Waals surface area contributed by atoms with E-state index in [1.807, 2.05) is 18.2 Å². The smallest absolute Gasteiger partial charge is 0.0464 e. The molecule has 0 aliphatic carbocycles. The highest BCUT2D eigenvalue weighted by Gasteiger charge is 2.08. The van der Waals surface area contributed by atoms with Gasteiger partial charge in [-0.25, -0.2) is 0 Å². The largest absolute Gasteiger partial charge is 0.324 e. The van der Waals surface area contributed by atoms with Crippen LogP contribution in [0.1, 0.15) is 31.4 Å². The SMILES string of the molecule is CCCC(N)c1ccc(Br)cc1Cl. The van der Waals surface area contributed by atoms with E-state index < -0.39 is 0 Å². The molecule has 0 aliphatic heterocycles. The number of hydrogen-bond acceptors (Lipinski definition) is 1. The van der Waals surface area contributed by atoms with E-state index in [1.54, 1.807) is 0 Å². The van der Waals surface area contributed by atoms with Crippen molar-refractivity contribution in [3.63, 3.8) is 0 Å². The van der Waals surface area contributed by atoms with Crippen LogP contribution in [0.15, 0.2) is 22.7 Å². The van der Waals surface area contributed by atoms with Crippen molar-refractivity contribution in [3.8, 4) is 0 Å². The monoisotopic (exact) mass is 261 g/mol. The van der Waals surface area contributed by atoms with Crippen molar-refractivity contribution in [2.75, 3.05) is 0 Å². The third kappa shape index (κ3) is 2.97. The molecular formula is C10H13BrClN. The van der Waals surface area contributed by atoms with Gasteiger partial charge in [-0.05, 0) is 24.1 Å². The molecule has 1 aromatic carbocycles. The van der Waals surface area contributed by atoms with Crippen LogP contribution in [-0.2, 0) is 0 Å². The number of halogens is 2. The molecule has 2 N–H and O–H groups in total. The van der Waals surface area contributed by atoms with Crippen molar-refractivity contribution in [2.24, 2.45) is 5.73 Å². The zero-order chi connectivity index (χ0) is 9.84. The van der Waals surface area contributed by atoms with Crippen molar-refractivity contribution in [1.29, 1.82) is 0 Å². The maximum atomic E-state index is 6.05. The highest BCUT2D eigenvalue weighted by molar-refractivity contribution is 9.10. The zero-order valence-corrected chi connectivity index (χ0v) is 9.90. The Balaban J connectivity index is 2.88. The lowest BCUT2D eigenvalue weighted by atomic mass is 10.0. The molecule has 1 unspecified atom stereocenters. The van der Waals surface area contributed by atoms with Gasteiger partial charge in [-0.15, -0.1) is 0 Å². The molecule has 1 aromatic rings. The van der Waals surface area contributed by atoms with Crippen molar-refractivity contribution in [2.45, 2.75) is 25.8 Å². The lowest BCUT2D eigenvalue weighted by molar-refractivity contribution is 0.638. The van der Waals surface area contributed by atoms with E-state index in [2.05, 4.69) is 22.9 Å². The van der Waals surface area contributed by atoms with Gasteiger partial charge in [-0.1, -0.05) is 46.9 Å². The highest BCUT2D eigenvalue weighted by Crippen LogP contribution is 2.27. The van der Waals surface area contributed by atoms with Gasteiger partial charge in [0.25, 0.3) is 0 Å². The number of hydrogen-bond donors (Lipinski definition) is 1. The lowest BCUT2D eigenvalue weighted by Gasteiger charge is -2.12. The Morgan fingerprint density at radius 3 is 2.77 bits per heavy atom. The Morgan fingerprint density at radius 1 is 1.54 bits per heavy atom. The molecule has 0 aromatic heterocycles. The van der Waals surface area contributed by atoms with E-state index in [0.29, 0.717) is 0 Å². The predicted octanol–water partition coefficient (Wildman–Crippen LogP) is 3.90. The number of benzene rings is 1. The number of rotatable bonds is 3. The third-order valence-corrected chi connectivity index (χ3v) is 2.78. The average Bonchev–Trinajstić information content (AvgIpc) is 2.04. The van der Waals surface area contributed by atoms with Gasteiger partial charge in [0.2, 0.25) is 0 Å². The first-order valence-electron chi connectivity index (χ1n) is 4.35. The van der Waals surface area contributed by atoms with Crippen molar-refractivity contribution < 1.29 is 0 Å². The average molecular weight is 263 g/mol. The fourth-order valence-corrected chi connectivity index (χ4v) is 2.08. The molecule has 1 atom stereocenters. The van der Waals surface area contributed by atoms with E-state index in [9.17, 15) is 0 Å². The van der Waals surface area contributed by atoms with E-state index in [0.717, 1.165) is 27.9 Å². The minimum absolute atomic E-state index is 0.0607. The fourth-order valence-electron chi connectivity index (χ4n) is 1.27. The van der Waals surface area contributed by atoms with Gasteiger partial charge in [-0.2, -0.15) is 0 Å². The molecular weight excluding hydrogens is 249 g/mol. The van der Waals surface area contributed by atoms with Crippen LogP contribution in [0, 0.1) is 0 Å². The summed E-state index contributed by atoms with van der Waals surface area (Å²) in [6.07, 6.45) is 2.05. The summed E-state index contributed by atoms with van der Waals surface area (Å²) < 4.78 is 0.991. The second-order valence-corrected chi connectivity index (χ2v) is 4.38. The topological polar surface area (TPSA) is 26.0 Å². The van der Waals surface area contributed by atoms with Gasteiger partial charge in [0.15, 0.2) is 0 Å². The van der Waals surface area contributed by atoms with Crippen LogP contribution < -0.4 is 5.73 Å². The van der Waals surface area contributed by atoms with Crippen molar-refractivity contribution in [1.82, 2.24) is 0 Å². The first kappa shape index (κ1) is 11.0. The third-order valence-electron chi connectivity index (χ3n) is 1.96. The summed E-state index contributed by atoms with van der Waals surface area (Å²) in [5.41, 5.74) is 6.99. The Labute approximate surface area is 92.4 Å². The maximum Gasteiger partial charge on any atom is 0.0464 e. The summed E-state index contributed by atoms with van der Waals surface area (Å²) >= 11 is 9.41. The molecule has 1 rings (SSSR count). The molecule has 3 heteroatoms. The Kier molecular flexibility index (Phi) is 4.23. The fraction of sp³-hybridized carbons (Fsp3) is 0.400. The number of nitrogens with two attached hydrogens (primary N) is 1. The molecule has 0 bridgehead atoms. The van der Waals surface area contributed by atoms with Crippen LogP contribution in [-0.4, -0.2) is 0 Å². The second-order valence-electron chi connectivity index (χ2n) is 3.06. The van der Waals surface area contributed by atoms with Crippen LogP contribution in [0.4, 0.5) is 0 Å². The molecule has 0 fully saturated rings.